The molecule has 45 heavy (non-hydrogen) atoms. The van der Waals surface area contributed by atoms with Crippen molar-refractivity contribution in [3.8, 4) is 28.3 Å². The lowest BCUT2D eigenvalue weighted by Gasteiger charge is -2.08. The van der Waals surface area contributed by atoms with Crippen LogP contribution in [-0.4, -0.2) is 14.5 Å². The minimum Gasteiger partial charge on any atom is -0.454 e. The molecule has 6 aromatic carbocycles. The Kier molecular flexibility index (Phi) is 4.93. The number of para-hydroxylation sites is 2. The molecule has 0 fully saturated rings. The summed E-state index contributed by atoms with van der Waals surface area (Å²) >= 11 is 0. The highest BCUT2D eigenvalue weighted by Gasteiger charge is 2.21. The molecule has 4 heterocycles. The average molecular weight is 578 g/mol. The van der Waals surface area contributed by atoms with Crippen molar-refractivity contribution < 1.29 is 8.83 Å². The van der Waals surface area contributed by atoms with E-state index in [0.29, 0.717) is 11.4 Å². The fraction of sp³-hybridized carbons (Fsp3) is 0. The van der Waals surface area contributed by atoms with Gasteiger partial charge >= 0.3 is 0 Å². The normalized spacial score (nSPS) is 12.0. The van der Waals surface area contributed by atoms with Gasteiger partial charge < -0.3 is 13.4 Å². The number of nitrogens with zero attached hydrogens (tertiary/aromatic N) is 3. The molecule has 10 rings (SSSR count). The van der Waals surface area contributed by atoms with Gasteiger partial charge in [0, 0.05) is 44.1 Å². The first-order valence-electron chi connectivity index (χ1n) is 15.0. The second kappa shape index (κ2) is 9.15. The van der Waals surface area contributed by atoms with Crippen LogP contribution in [0.4, 0.5) is 0 Å². The van der Waals surface area contributed by atoms with Crippen molar-refractivity contribution in [2.24, 2.45) is 0 Å². The van der Waals surface area contributed by atoms with E-state index >= 15 is 0 Å². The summed E-state index contributed by atoms with van der Waals surface area (Å²) in [6.45, 7) is 0. The summed E-state index contributed by atoms with van der Waals surface area (Å²) in [5.41, 5.74) is 9.83. The summed E-state index contributed by atoms with van der Waals surface area (Å²) in [6.07, 6.45) is 0. The molecule has 0 aliphatic rings. The van der Waals surface area contributed by atoms with Crippen LogP contribution < -0.4 is 0 Å². The van der Waals surface area contributed by atoms with Gasteiger partial charge in [0.05, 0.1) is 16.7 Å². The predicted molar refractivity (Wildman–Crippen MR) is 182 cm³/mol. The Morgan fingerprint density at radius 3 is 1.98 bits per heavy atom. The first-order chi connectivity index (χ1) is 22.3. The number of benzene rings is 6. The topological polar surface area (TPSA) is 57.0 Å². The number of furan rings is 2. The zero-order valence-corrected chi connectivity index (χ0v) is 23.9. The molecule has 0 saturated carbocycles. The highest BCUT2D eigenvalue weighted by molar-refractivity contribution is 6.21. The molecular formula is C40H23N3O2. The van der Waals surface area contributed by atoms with Crippen LogP contribution in [0, 0.1) is 0 Å². The van der Waals surface area contributed by atoms with Crippen LogP contribution in [-0.2, 0) is 0 Å². The number of fused-ring (bicyclic) bond motifs is 10. The van der Waals surface area contributed by atoms with E-state index in [0.717, 1.165) is 77.4 Å². The van der Waals surface area contributed by atoms with Crippen molar-refractivity contribution >= 4 is 65.8 Å². The Morgan fingerprint density at radius 1 is 0.467 bits per heavy atom. The van der Waals surface area contributed by atoms with Crippen LogP contribution in [0.5, 0.6) is 0 Å². The molecule has 0 N–H and O–H groups in total. The fourth-order valence-corrected chi connectivity index (χ4v) is 6.78. The Morgan fingerprint density at radius 2 is 1.13 bits per heavy atom. The first-order valence-corrected chi connectivity index (χ1v) is 15.0. The second-order valence-electron chi connectivity index (χ2n) is 11.4. The van der Waals surface area contributed by atoms with Crippen LogP contribution in [0.25, 0.3) is 94.1 Å². The quantitative estimate of drug-likeness (QED) is 0.210. The highest BCUT2D eigenvalue weighted by atomic mass is 16.3. The molecule has 0 aliphatic carbocycles. The zero-order valence-electron chi connectivity index (χ0n) is 23.9. The highest BCUT2D eigenvalue weighted by Crippen LogP contribution is 2.42. The minimum atomic E-state index is 0.670. The van der Waals surface area contributed by atoms with E-state index in [1.807, 2.05) is 60.7 Å². The molecule has 0 amide bonds. The van der Waals surface area contributed by atoms with E-state index in [9.17, 15) is 0 Å². The lowest BCUT2D eigenvalue weighted by molar-refractivity contribution is 0.666. The maximum absolute atomic E-state index is 6.67. The zero-order chi connectivity index (χ0) is 29.5. The maximum atomic E-state index is 6.67. The number of hydrogen-bond donors (Lipinski definition) is 0. The molecule has 5 nitrogen and oxygen atoms in total. The summed E-state index contributed by atoms with van der Waals surface area (Å²) < 4.78 is 15.5. The van der Waals surface area contributed by atoms with Crippen LogP contribution in [0.15, 0.2) is 148 Å². The van der Waals surface area contributed by atoms with Gasteiger partial charge in [-0.25, -0.2) is 9.97 Å². The van der Waals surface area contributed by atoms with Gasteiger partial charge in [-0.2, -0.15) is 0 Å². The Labute approximate surface area is 256 Å². The third-order valence-electron chi connectivity index (χ3n) is 8.81. The number of hydrogen-bond acceptors (Lipinski definition) is 4. The molecule has 0 atom stereocenters. The Bertz CT molecular complexity index is 2750. The number of aromatic nitrogens is 3. The maximum Gasteiger partial charge on any atom is 0.180 e. The van der Waals surface area contributed by atoms with Gasteiger partial charge in [-0.1, -0.05) is 103 Å². The van der Waals surface area contributed by atoms with Gasteiger partial charge in [-0.15, -0.1) is 0 Å². The summed E-state index contributed by atoms with van der Waals surface area (Å²) in [5.74, 6) is 0.670. The molecule has 0 unspecified atom stereocenters. The van der Waals surface area contributed by atoms with Crippen molar-refractivity contribution in [1.82, 2.24) is 14.5 Å². The van der Waals surface area contributed by atoms with Gasteiger partial charge in [0.25, 0.3) is 0 Å². The summed E-state index contributed by atoms with van der Waals surface area (Å²) in [6, 6.07) is 47.8. The third-order valence-corrected chi connectivity index (χ3v) is 8.81. The fourth-order valence-electron chi connectivity index (χ4n) is 6.78. The van der Waals surface area contributed by atoms with Gasteiger partial charge in [-0.3, -0.25) is 0 Å². The molecule has 5 heteroatoms. The van der Waals surface area contributed by atoms with Crippen molar-refractivity contribution in [3.63, 3.8) is 0 Å². The lowest BCUT2D eigenvalue weighted by atomic mass is 10.1. The second-order valence-corrected chi connectivity index (χ2v) is 11.4. The van der Waals surface area contributed by atoms with Crippen LogP contribution in [0.2, 0.25) is 0 Å². The first kappa shape index (κ1) is 24.3. The summed E-state index contributed by atoms with van der Waals surface area (Å²) in [4.78, 5) is 10.1. The van der Waals surface area contributed by atoms with Gasteiger partial charge in [-0.05, 0) is 30.3 Å². The average Bonchev–Trinajstić information content (AvgIpc) is 3.78. The standard InChI is InChI=1S/C40H23N3O2/c1-3-11-24(12-4-1)35-39-36(42-40(41-35)25-13-5-2-6-14-25)31-20-19-26(23-34(31)45-39)43-32-17-9-7-15-27(32)29-21-22-30-28-16-8-10-18-33(28)44-38(30)37(29)43/h1-23H. The molecule has 0 bridgehead atoms. The molecule has 0 aliphatic heterocycles. The van der Waals surface area contributed by atoms with E-state index in [1.54, 1.807) is 0 Å². The molecule has 0 radical (unpaired) electrons. The van der Waals surface area contributed by atoms with Gasteiger partial charge in [0.15, 0.2) is 17.0 Å². The van der Waals surface area contributed by atoms with Crippen molar-refractivity contribution in [2.75, 3.05) is 0 Å². The molecule has 10 aromatic rings. The molecule has 210 valence electrons. The van der Waals surface area contributed by atoms with Crippen LogP contribution in [0.3, 0.4) is 0 Å². The van der Waals surface area contributed by atoms with E-state index in [-0.39, 0.29) is 0 Å². The van der Waals surface area contributed by atoms with Crippen molar-refractivity contribution in [2.45, 2.75) is 0 Å². The van der Waals surface area contributed by atoms with E-state index in [1.165, 1.54) is 5.39 Å². The smallest absolute Gasteiger partial charge is 0.180 e. The summed E-state index contributed by atoms with van der Waals surface area (Å²) in [5, 5.41) is 5.47. The van der Waals surface area contributed by atoms with E-state index < -0.39 is 0 Å². The molecule has 0 spiro atoms. The Balaban J connectivity index is 1.28. The van der Waals surface area contributed by atoms with Gasteiger partial charge in [0.2, 0.25) is 0 Å². The SMILES string of the molecule is c1ccc(-c2nc(-c3ccccc3)c3oc4cc(-n5c6ccccc6c6ccc7c8ccccc8oc7c65)ccc4c3n2)cc1. The van der Waals surface area contributed by atoms with Crippen LogP contribution in [0.1, 0.15) is 0 Å². The summed E-state index contributed by atoms with van der Waals surface area (Å²) in [7, 11) is 0. The molecular weight excluding hydrogens is 554 g/mol. The predicted octanol–water partition coefficient (Wildman–Crippen LogP) is 10.7. The minimum absolute atomic E-state index is 0.670. The van der Waals surface area contributed by atoms with E-state index in [4.69, 9.17) is 18.8 Å². The van der Waals surface area contributed by atoms with Crippen molar-refractivity contribution in [1.29, 1.82) is 0 Å². The van der Waals surface area contributed by atoms with Gasteiger partial charge in [0.1, 0.15) is 22.4 Å². The molecule has 0 saturated heterocycles. The molecule has 4 aromatic heterocycles. The number of rotatable bonds is 3. The van der Waals surface area contributed by atoms with Crippen LogP contribution >= 0.6 is 0 Å². The third kappa shape index (κ3) is 3.49. The lowest BCUT2D eigenvalue weighted by Crippen LogP contribution is -1.94. The Hall–Kier alpha value is -6.20. The monoisotopic (exact) mass is 577 g/mol. The van der Waals surface area contributed by atoms with Crippen molar-refractivity contribution in [3.05, 3.63) is 140 Å². The van der Waals surface area contributed by atoms with E-state index in [2.05, 4.69) is 83.4 Å². The largest absolute Gasteiger partial charge is 0.454 e.